The van der Waals surface area contributed by atoms with Gasteiger partial charge in [0.25, 0.3) is 11.8 Å². The molecule has 1 fully saturated rings. The second kappa shape index (κ2) is 8.43. The van der Waals surface area contributed by atoms with Crippen LogP contribution in [0.5, 0.6) is 0 Å². The molecule has 0 atom stereocenters. The Morgan fingerprint density at radius 2 is 1.65 bits per heavy atom. The number of amides is 3. The average molecular weight is 417 g/mol. The van der Waals surface area contributed by atoms with E-state index in [4.69, 9.17) is 0 Å². The normalized spacial score (nSPS) is 13.4. The first-order valence-corrected chi connectivity index (χ1v) is 10.1. The molecule has 0 bridgehead atoms. The molecule has 4 rings (SSSR count). The summed E-state index contributed by atoms with van der Waals surface area (Å²) in [4.78, 5) is 37.8. The van der Waals surface area contributed by atoms with Crippen molar-refractivity contribution in [3.8, 4) is 5.69 Å². The van der Waals surface area contributed by atoms with Gasteiger partial charge in [-0.05, 0) is 43.7 Å². The highest BCUT2D eigenvalue weighted by atomic mass is 16.2. The molecule has 158 valence electrons. The zero-order valence-electron chi connectivity index (χ0n) is 17.4. The van der Waals surface area contributed by atoms with E-state index in [1.54, 1.807) is 35.1 Å². The van der Waals surface area contributed by atoms with Crippen LogP contribution in [0.1, 0.15) is 39.8 Å². The first-order valence-electron chi connectivity index (χ1n) is 10.1. The highest BCUT2D eigenvalue weighted by molar-refractivity contribution is 6.00. The summed E-state index contributed by atoms with van der Waals surface area (Å²) in [5.74, 6) is -0.761. The number of hydrogen-bond acceptors (Lipinski definition) is 4. The van der Waals surface area contributed by atoms with Crippen LogP contribution in [0.4, 0.5) is 5.69 Å². The topological polar surface area (TPSA) is 87.5 Å². The Balaban J connectivity index is 1.58. The molecular formula is C23H23N5O3. The van der Waals surface area contributed by atoms with Gasteiger partial charge in [-0.25, -0.2) is 14.7 Å². The second-order valence-corrected chi connectivity index (χ2v) is 7.36. The Morgan fingerprint density at radius 1 is 0.935 bits per heavy atom. The first kappa shape index (κ1) is 20.3. The summed E-state index contributed by atoms with van der Waals surface area (Å²) in [5, 5.41) is 9.99. The highest BCUT2D eigenvalue weighted by Crippen LogP contribution is 2.22. The van der Waals surface area contributed by atoms with Gasteiger partial charge in [-0.15, -0.1) is 0 Å². The van der Waals surface area contributed by atoms with Crippen molar-refractivity contribution in [1.82, 2.24) is 19.8 Å². The number of nitrogens with zero attached hydrogens (tertiary/aromatic N) is 4. The quantitative estimate of drug-likeness (QED) is 0.707. The Bertz CT molecular complexity index is 1140. The molecule has 0 saturated carbocycles. The minimum atomic E-state index is -0.286. The minimum absolute atomic E-state index is 0.214. The largest absolute Gasteiger partial charge is 0.326 e. The fourth-order valence-electron chi connectivity index (χ4n) is 3.70. The predicted molar refractivity (Wildman–Crippen MR) is 116 cm³/mol. The summed E-state index contributed by atoms with van der Waals surface area (Å²) >= 11 is 0. The Labute approximate surface area is 180 Å². The van der Waals surface area contributed by atoms with E-state index in [1.807, 2.05) is 37.3 Å². The van der Waals surface area contributed by atoms with Crippen LogP contribution in [0.2, 0.25) is 0 Å². The van der Waals surface area contributed by atoms with Crippen molar-refractivity contribution >= 4 is 23.4 Å². The lowest BCUT2D eigenvalue weighted by Gasteiger charge is -2.28. The number of para-hydroxylation sites is 1. The molecule has 3 aromatic rings. The van der Waals surface area contributed by atoms with Crippen LogP contribution in [0.15, 0.2) is 60.8 Å². The van der Waals surface area contributed by atoms with Gasteiger partial charge in [0, 0.05) is 31.3 Å². The van der Waals surface area contributed by atoms with E-state index in [1.165, 1.54) is 16.9 Å². The van der Waals surface area contributed by atoms with Crippen molar-refractivity contribution in [1.29, 1.82) is 0 Å². The number of carbonyl (C=O) groups excluding carboxylic acids is 3. The summed E-state index contributed by atoms with van der Waals surface area (Å²) in [6.45, 7) is 4.15. The molecule has 0 unspecified atom stereocenters. The summed E-state index contributed by atoms with van der Waals surface area (Å²) < 4.78 is 1.71. The van der Waals surface area contributed by atoms with Crippen LogP contribution in [0.3, 0.4) is 0 Å². The molecule has 1 saturated heterocycles. The van der Waals surface area contributed by atoms with E-state index in [2.05, 4.69) is 10.4 Å². The van der Waals surface area contributed by atoms with Crippen molar-refractivity contribution in [2.45, 2.75) is 20.3 Å². The molecular weight excluding hydrogens is 394 g/mol. The fraction of sp³-hybridized carbons (Fsp3) is 0.217. The number of nitrogens with one attached hydrogen (secondary N) is 1. The van der Waals surface area contributed by atoms with Gasteiger partial charge in [-0.3, -0.25) is 14.4 Å². The van der Waals surface area contributed by atoms with E-state index in [0.29, 0.717) is 42.0 Å². The van der Waals surface area contributed by atoms with Crippen molar-refractivity contribution < 1.29 is 14.4 Å². The summed E-state index contributed by atoms with van der Waals surface area (Å²) in [6.07, 6.45) is 2.23. The van der Waals surface area contributed by atoms with Crippen molar-refractivity contribution in [2.75, 3.05) is 18.4 Å². The Kier molecular flexibility index (Phi) is 5.53. The second-order valence-electron chi connectivity index (χ2n) is 7.36. The maximum atomic E-state index is 13.3. The molecule has 1 aromatic heterocycles. The number of benzene rings is 2. The third kappa shape index (κ3) is 4.05. The van der Waals surface area contributed by atoms with Crippen LogP contribution >= 0.6 is 0 Å². The molecule has 2 heterocycles. The summed E-state index contributed by atoms with van der Waals surface area (Å²) in [6, 6.07) is 16.3. The third-order valence-electron chi connectivity index (χ3n) is 5.17. The molecule has 0 aliphatic carbocycles. The van der Waals surface area contributed by atoms with Crippen molar-refractivity contribution in [2.24, 2.45) is 0 Å². The van der Waals surface area contributed by atoms with Crippen LogP contribution in [-0.2, 0) is 4.79 Å². The number of carbonyl (C=O) groups is 3. The lowest BCUT2D eigenvalue weighted by Crippen LogP contribution is -2.45. The van der Waals surface area contributed by atoms with Crippen LogP contribution in [0.25, 0.3) is 5.69 Å². The van der Waals surface area contributed by atoms with Gasteiger partial charge in [-0.2, -0.15) is 5.10 Å². The molecule has 0 radical (unpaired) electrons. The lowest BCUT2D eigenvalue weighted by atomic mass is 10.2. The molecule has 1 N–H and O–H groups in total. The number of anilines is 1. The standard InChI is InChI=1S/C23H23N5O3/c1-16-21(15-24-28(16)20-10-4-3-5-11-20)23(31)27-13-7-12-26(27)22(30)18-8-6-9-19(14-18)25-17(2)29/h3-6,8-11,14-15H,7,12-13H2,1-2H3,(H,25,29). The molecule has 1 aliphatic rings. The van der Waals surface area contributed by atoms with E-state index in [-0.39, 0.29) is 17.7 Å². The summed E-state index contributed by atoms with van der Waals surface area (Å²) in [7, 11) is 0. The maximum absolute atomic E-state index is 13.3. The number of rotatable bonds is 4. The van der Waals surface area contributed by atoms with Gasteiger partial charge >= 0.3 is 0 Å². The maximum Gasteiger partial charge on any atom is 0.275 e. The number of hydrazine groups is 1. The predicted octanol–water partition coefficient (Wildman–Crippen LogP) is 3.04. The van der Waals surface area contributed by atoms with Crippen molar-refractivity contribution in [3.05, 3.63) is 77.6 Å². The van der Waals surface area contributed by atoms with Gasteiger partial charge in [-0.1, -0.05) is 24.3 Å². The third-order valence-corrected chi connectivity index (χ3v) is 5.17. The smallest absolute Gasteiger partial charge is 0.275 e. The van der Waals surface area contributed by atoms with E-state index in [0.717, 1.165) is 5.69 Å². The monoisotopic (exact) mass is 417 g/mol. The van der Waals surface area contributed by atoms with E-state index >= 15 is 0 Å². The lowest BCUT2D eigenvalue weighted by molar-refractivity contribution is -0.114. The van der Waals surface area contributed by atoms with E-state index in [9.17, 15) is 14.4 Å². The van der Waals surface area contributed by atoms with Gasteiger partial charge in [0.1, 0.15) is 0 Å². The van der Waals surface area contributed by atoms with Gasteiger partial charge in [0.15, 0.2) is 0 Å². The van der Waals surface area contributed by atoms with Crippen LogP contribution in [0, 0.1) is 6.92 Å². The van der Waals surface area contributed by atoms with Gasteiger partial charge in [0.05, 0.1) is 23.1 Å². The highest BCUT2D eigenvalue weighted by Gasteiger charge is 2.33. The van der Waals surface area contributed by atoms with Gasteiger partial charge in [0.2, 0.25) is 5.91 Å². The minimum Gasteiger partial charge on any atom is -0.326 e. The number of hydrogen-bond donors (Lipinski definition) is 1. The molecule has 2 aromatic carbocycles. The Morgan fingerprint density at radius 3 is 2.35 bits per heavy atom. The molecule has 0 spiro atoms. The van der Waals surface area contributed by atoms with Crippen LogP contribution in [-0.4, -0.2) is 50.6 Å². The number of aromatic nitrogens is 2. The molecule has 3 amide bonds. The SMILES string of the molecule is CC(=O)Nc1cccc(C(=O)N2CCCN2C(=O)c2cnn(-c3ccccc3)c2C)c1. The molecule has 8 nitrogen and oxygen atoms in total. The van der Waals surface area contributed by atoms with E-state index < -0.39 is 0 Å². The Hall–Kier alpha value is -3.94. The average Bonchev–Trinajstić information content (AvgIpc) is 3.40. The first-order chi connectivity index (χ1) is 15.0. The van der Waals surface area contributed by atoms with Gasteiger partial charge < -0.3 is 5.32 Å². The molecule has 1 aliphatic heterocycles. The zero-order valence-corrected chi connectivity index (χ0v) is 17.4. The zero-order chi connectivity index (χ0) is 22.0. The van der Waals surface area contributed by atoms with Crippen LogP contribution < -0.4 is 5.32 Å². The fourth-order valence-corrected chi connectivity index (χ4v) is 3.70. The van der Waals surface area contributed by atoms with Crippen molar-refractivity contribution in [3.63, 3.8) is 0 Å². The summed E-state index contributed by atoms with van der Waals surface area (Å²) in [5.41, 5.74) is 2.97. The molecule has 31 heavy (non-hydrogen) atoms. The molecule has 8 heteroatoms.